The maximum absolute atomic E-state index is 4.35. The minimum atomic E-state index is 0.907. The Morgan fingerprint density at radius 1 is 1.47 bits per heavy atom. The monoisotopic (exact) mass is 254 g/mol. The van der Waals surface area contributed by atoms with E-state index in [-0.39, 0.29) is 0 Å². The molecule has 5 heteroatoms. The fourth-order valence-corrected chi connectivity index (χ4v) is 2.80. The number of nitrogens with one attached hydrogen (secondary N) is 2. The van der Waals surface area contributed by atoms with E-state index in [1.807, 2.05) is 6.20 Å². The second-order valence-corrected chi connectivity index (χ2v) is 5.81. The van der Waals surface area contributed by atoms with E-state index in [4.69, 9.17) is 0 Å². The molecule has 1 aromatic rings. The third-order valence-electron chi connectivity index (χ3n) is 2.98. The van der Waals surface area contributed by atoms with E-state index in [0.29, 0.717) is 0 Å². The SMILES string of the molecule is Cc1cnc(CNCCN2CCCNCC2)s1. The van der Waals surface area contributed by atoms with Gasteiger partial charge in [-0.25, -0.2) is 4.98 Å². The summed E-state index contributed by atoms with van der Waals surface area (Å²) in [6, 6.07) is 0. The molecule has 0 spiro atoms. The van der Waals surface area contributed by atoms with Crippen LogP contribution in [0.5, 0.6) is 0 Å². The van der Waals surface area contributed by atoms with Gasteiger partial charge in [0.25, 0.3) is 0 Å². The van der Waals surface area contributed by atoms with Crippen molar-refractivity contribution >= 4 is 11.3 Å². The minimum Gasteiger partial charge on any atom is -0.315 e. The van der Waals surface area contributed by atoms with E-state index in [1.54, 1.807) is 11.3 Å². The molecule has 1 saturated heterocycles. The Hall–Kier alpha value is -0.490. The molecular weight excluding hydrogens is 232 g/mol. The van der Waals surface area contributed by atoms with Gasteiger partial charge in [-0.1, -0.05) is 0 Å². The molecule has 0 aromatic carbocycles. The third-order valence-corrected chi connectivity index (χ3v) is 3.90. The number of hydrogen-bond acceptors (Lipinski definition) is 5. The molecule has 2 N–H and O–H groups in total. The predicted octanol–water partition coefficient (Wildman–Crippen LogP) is 0.836. The van der Waals surface area contributed by atoms with Crippen LogP contribution in [-0.2, 0) is 6.54 Å². The zero-order valence-electron chi connectivity index (χ0n) is 10.5. The number of thiazole rings is 1. The molecule has 0 unspecified atom stereocenters. The highest BCUT2D eigenvalue weighted by molar-refractivity contribution is 7.11. The highest BCUT2D eigenvalue weighted by atomic mass is 32.1. The van der Waals surface area contributed by atoms with Crippen molar-refractivity contribution in [1.82, 2.24) is 20.5 Å². The molecule has 0 bridgehead atoms. The molecule has 0 radical (unpaired) electrons. The van der Waals surface area contributed by atoms with E-state index in [9.17, 15) is 0 Å². The van der Waals surface area contributed by atoms with Crippen molar-refractivity contribution in [1.29, 1.82) is 0 Å². The van der Waals surface area contributed by atoms with Gasteiger partial charge in [-0.05, 0) is 26.4 Å². The Morgan fingerprint density at radius 3 is 3.24 bits per heavy atom. The summed E-state index contributed by atoms with van der Waals surface area (Å²) in [5.74, 6) is 0. The van der Waals surface area contributed by atoms with Gasteiger partial charge in [-0.3, -0.25) is 0 Å². The van der Waals surface area contributed by atoms with Gasteiger partial charge in [0.1, 0.15) is 5.01 Å². The van der Waals surface area contributed by atoms with E-state index < -0.39 is 0 Å². The van der Waals surface area contributed by atoms with Crippen molar-refractivity contribution in [3.05, 3.63) is 16.1 Å². The summed E-state index contributed by atoms with van der Waals surface area (Å²) in [7, 11) is 0. The van der Waals surface area contributed by atoms with Crippen molar-refractivity contribution in [3.63, 3.8) is 0 Å². The van der Waals surface area contributed by atoms with Crippen LogP contribution >= 0.6 is 11.3 Å². The number of rotatable bonds is 5. The van der Waals surface area contributed by atoms with Crippen molar-refractivity contribution in [2.75, 3.05) is 39.3 Å². The van der Waals surface area contributed by atoms with Crippen LogP contribution in [0.1, 0.15) is 16.3 Å². The molecule has 1 aromatic heterocycles. The van der Waals surface area contributed by atoms with E-state index in [1.165, 1.54) is 35.9 Å². The first-order valence-corrected chi connectivity index (χ1v) is 7.21. The molecule has 2 rings (SSSR count). The quantitative estimate of drug-likeness (QED) is 0.764. The van der Waals surface area contributed by atoms with E-state index in [0.717, 1.165) is 26.2 Å². The molecule has 2 heterocycles. The van der Waals surface area contributed by atoms with Crippen molar-refractivity contribution in [2.45, 2.75) is 19.9 Å². The van der Waals surface area contributed by atoms with Crippen LogP contribution in [0.4, 0.5) is 0 Å². The van der Waals surface area contributed by atoms with Crippen LogP contribution in [0.25, 0.3) is 0 Å². The second kappa shape index (κ2) is 7.06. The summed E-state index contributed by atoms with van der Waals surface area (Å²) in [5.41, 5.74) is 0. The lowest BCUT2D eigenvalue weighted by molar-refractivity contribution is 0.291. The van der Waals surface area contributed by atoms with Gasteiger partial charge in [0.2, 0.25) is 0 Å². The maximum atomic E-state index is 4.35. The smallest absolute Gasteiger partial charge is 0.107 e. The Morgan fingerprint density at radius 2 is 2.41 bits per heavy atom. The summed E-state index contributed by atoms with van der Waals surface area (Å²) < 4.78 is 0. The van der Waals surface area contributed by atoms with Crippen LogP contribution < -0.4 is 10.6 Å². The van der Waals surface area contributed by atoms with Crippen molar-refractivity contribution in [2.24, 2.45) is 0 Å². The molecule has 17 heavy (non-hydrogen) atoms. The first-order valence-electron chi connectivity index (χ1n) is 6.40. The van der Waals surface area contributed by atoms with Gasteiger partial charge >= 0.3 is 0 Å². The Bertz CT molecular complexity index is 318. The molecule has 1 aliphatic heterocycles. The van der Waals surface area contributed by atoms with E-state index in [2.05, 4.69) is 27.4 Å². The lowest BCUT2D eigenvalue weighted by Gasteiger charge is -2.19. The first kappa shape index (κ1) is 13.0. The van der Waals surface area contributed by atoms with Crippen molar-refractivity contribution < 1.29 is 0 Å². The van der Waals surface area contributed by atoms with Crippen LogP contribution in [0.3, 0.4) is 0 Å². The molecule has 0 atom stereocenters. The van der Waals surface area contributed by atoms with Crippen LogP contribution in [0.15, 0.2) is 6.20 Å². The van der Waals surface area contributed by atoms with Gasteiger partial charge in [0, 0.05) is 43.8 Å². The molecule has 0 amide bonds. The summed E-state index contributed by atoms with van der Waals surface area (Å²) >= 11 is 1.78. The topological polar surface area (TPSA) is 40.2 Å². The minimum absolute atomic E-state index is 0.907. The summed E-state index contributed by atoms with van der Waals surface area (Å²) in [4.78, 5) is 8.17. The van der Waals surface area contributed by atoms with Gasteiger partial charge in [-0.15, -0.1) is 11.3 Å². The number of hydrogen-bond donors (Lipinski definition) is 2. The molecule has 1 fully saturated rings. The predicted molar refractivity (Wildman–Crippen MR) is 72.5 cm³/mol. The van der Waals surface area contributed by atoms with Gasteiger partial charge in [0.05, 0.1) is 0 Å². The average molecular weight is 254 g/mol. The lowest BCUT2D eigenvalue weighted by Crippen LogP contribution is -2.34. The van der Waals surface area contributed by atoms with Crippen LogP contribution in [0.2, 0.25) is 0 Å². The number of nitrogens with zero attached hydrogens (tertiary/aromatic N) is 2. The van der Waals surface area contributed by atoms with Crippen LogP contribution in [0, 0.1) is 6.92 Å². The molecule has 0 aliphatic carbocycles. The normalized spacial score (nSPS) is 18.2. The molecular formula is C12H22N4S. The lowest BCUT2D eigenvalue weighted by atomic mass is 10.4. The fourth-order valence-electron chi connectivity index (χ4n) is 2.04. The van der Waals surface area contributed by atoms with Gasteiger partial charge in [0.15, 0.2) is 0 Å². The largest absolute Gasteiger partial charge is 0.315 e. The Balaban J connectivity index is 1.59. The highest BCUT2D eigenvalue weighted by Crippen LogP contribution is 2.10. The maximum Gasteiger partial charge on any atom is 0.107 e. The molecule has 4 nitrogen and oxygen atoms in total. The number of aromatic nitrogens is 1. The fraction of sp³-hybridized carbons (Fsp3) is 0.750. The Kier molecular flexibility index (Phi) is 5.38. The summed E-state index contributed by atoms with van der Waals surface area (Å²) in [6.07, 6.45) is 3.22. The van der Waals surface area contributed by atoms with Gasteiger partial charge in [-0.2, -0.15) is 0 Å². The summed E-state index contributed by atoms with van der Waals surface area (Å²) in [6.45, 7) is 9.91. The van der Waals surface area contributed by atoms with E-state index >= 15 is 0 Å². The standard InChI is InChI=1S/C12H22N4S/c1-11-9-15-12(17-11)10-14-5-8-16-6-2-3-13-4-7-16/h9,13-14H,2-8,10H2,1H3. The molecule has 96 valence electrons. The first-order chi connectivity index (χ1) is 8.34. The second-order valence-electron chi connectivity index (χ2n) is 4.49. The zero-order valence-corrected chi connectivity index (χ0v) is 11.4. The number of aryl methyl sites for hydroxylation is 1. The molecule has 0 saturated carbocycles. The zero-order chi connectivity index (χ0) is 11.9. The van der Waals surface area contributed by atoms with Crippen LogP contribution in [-0.4, -0.2) is 49.2 Å². The Labute approximate surface area is 107 Å². The average Bonchev–Trinajstić information content (AvgIpc) is 2.59. The van der Waals surface area contributed by atoms with Gasteiger partial charge < -0.3 is 15.5 Å². The molecule has 1 aliphatic rings. The third kappa shape index (κ3) is 4.71. The summed E-state index contributed by atoms with van der Waals surface area (Å²) in [5, 5.41) is 8.09. The van der Waals surface area contributed by atoms with Crippen molar-refractivity contribution in [3.8, 4) is 0 Å². The highest BCUT2D eigenvalue weighted by Gasteiger charge is 2.07.